The summed E-state index contributed by atoms with van der Waals surface area (Å²) in [6, 6.07) is 3.58. The van der Waals surface area contributed by atoms with Crippen LogP contribution < -0.4 is 9.64 Å². The highest BCUT2D eigenvalue weighted by Crippen LogP contribution is 2.67. The number of benzene rings is 2. The SMILES string of the molecule is COc1ccc([C@H]2C3=CC[C@@H]4C(=O)N(C5CCCCC5)C(=O)[C@@H]4[C@@H]3C[C@@]3(Cl)C(=O)N(c4c(F)c(F)c(F)c(F)c4F)C(=O)[C@@]23Cl)c(O)c1. The monoisotopic (exact) mass is 712 g/mol. The van der Waals surface area contributed by atoms with Crippen molar-refractivity contribution in [2.24, 2.45) is 17.8 Å². The predicted octanol–water partition coefficient (Wildman–Crippen LogP) is 5.99. The molecule has 6 atom stereocenters. The third-order valence-electron chi connectivity index (χ3n) is 10.7. The number of phenolic OH excluding ortho intramolecular Hbond substituents is 1. The minimum absolute atomic E-state index is 0.0312. The van der Waals surface area contributed by atoms with Crippen molar-refractivity contribution in [1.29, 1.82) is 0 Å². The van der Waals surface area contributed by atoms with Gasteiger partial charge in [0.25, 0.3) is 11.8 Å². The number of allylic oxidation sites excluding steroid dienone is 2. The third-order valence-corrected chi connectivity index (χ3v) is 12.2. The van der Waals surface area contributed by atoms with Crippen LogP contribution in [0.4, 0.5) is 27.6 Å². The van der Waals surface area contributed by atoms with Crippen LogP contribution in [0.5, 0.6) is 11.5 Å². The Balaban J connectivity index is 1.42. The number of ether oxygens (including phenoxy) is 1. The predicted molar refractivity (Wildman–Crippen MR) is 160 cm³/mol. The van der Waals surface area contributed by atoms with E-state index in [1.165, 1.54) is 30.2 Å². The van der Waals surface area contributed by atoms with Gasteiger partial charge in [-0.15, -0.1) is 23.2 Å². The summed E-state index contributed by atoms with van der Waals surface area (Å²) in [7, 11) is 1.32. The lowest BCUT2D eigenvalue weighted by atomic mass is 9.56. The van der Waals surface area contributed by atoms with Gasteiger partial charge in [-0.3, -0.25) is 24.1 Å². The molecule has 2 aliphatic heterocycles. The largest absolute Gasteiger partial charge is 0.508 e. The first-order valence-electron chi connectivity index (χ1n) is 15.4. The molecule has 0 spiro atoms. The normalized spacial score (nSPS) is 32.0. The zero-order valence-electron chi connectivity index (χ0n) is 25.2. The van der Waals surface area contributed by atoms with Gasteiger partial charge in [-0.25, -0.2) is 26.9 Å². The van der Waals surface area contributed by atoms with E-state index in [1.807, 2.05) is 0 Å². The molecule has 0 radical (unpaired) electrons. The number of imide groups is 2. The van der Waals surface area contributed by atoms with E-state index in [-0.39, 0.29) is 40.2 Å². The van der Waals surface area contributed by atoms with Crippen molar-refractivity contribution < 1.29 is 51.0 Å². The second-order valence-electron chi connectivity index (χ2n) is 13.0. The zero-order valence-corrected chi connectivity index (χ0v) is 26.7. The number of anilines is 1. The van der Waals surface area contributed by atoms with E-state index in [4.69, 9.17) is 27.9 Å². The molecule has 5 aliphatic rings. The average molecular weight is 713 g/mol. The van der Waals surface area contributed by atoms with Gasteiger partial charge in [0.2, 0.25) is 17.6 Å². The first-order chi connectivity index (χ1) is 22.7. The highest BCUT2D eigenvalue weighted by atomic mass is 35.5. The van der Waals surface area contributed by atoms with Gasteiger partial charge >= 0.3 is 0 Å². The molecule has 8 nitrogen and oxygen atoms in total. The number of alkyl halides is 2. The molecule has 7 rings (SSSR count). The summed E-state index contributed by atoms with van der Waals surface area (Å²) in [4.78, 5) is 52.1. The van der Waals surface area contributed by atoms with Crippen molar-refractivity contribution >= 4 is 52.5 Å². The summed E-state index contributed by atoms with van der Waals surface area (Å²) in [5.41, 5.74) is -1.69. The Labute approximate surface area is 280 Å². The molecule has 2 aromatic rings. The summed E-state index contributed by atoms with van der Waals surface area (Å²) in [5.74, 6) is -21.2. The van der Waals surface area contributed by atoms with E-state index < -0.39 is 98.1 Å². The number of carbonyl (C=O) groups excluding carboxylic acids is 4. The molecule has 0 unspecified atom stereocenters. The first-order valence-corrected chi connectivity index (χ1v) is 16.2. The molecule has 0 aromatic heterocycles. The zero-order chi connectivity index (χ0) is 34.6. The number of halogens is 7. The topological polar surface area (TPSA) is 104 Å². The van der Waals surface area contributed by atoms with Crippen LogP contribution >= 0.6 is 23.2 Å². The first kappa shape index (κ1) is 32.8. The van der Waals surface area contributed by atoms with Crippen molar-refractivity contribution in [2.45, 2.75) is 66.7 Å². The summed E-state index contributed by atoms with van der Waals surface area (Å²) in [6.07, 6.45) is 4.88. The molecule has 2 saturated carbocycles. The van der Waals surface area contributed by atoms with Crippen LogP contribution in [0.3, 0.4) is 0 Å². The van der Waals surface area contributed by atoms with E-state index in [9.17, 15) is 37.5 Å². The van der Waals surface area contributed by atoms with Crippen LogP contribution in [0.25, 0.3) is 0 Å². The Kier molecular flexibility index (Phi) is 7.63. The maximum atomic E-state index is 15.2. The Morgan fingerprint density at radius 1 is 0.854 bits per heavy atom. The maximum absolute atomic E-state index is 15.2. The number of amides is 4. The number of rotatable bonds is 4. The van der Waals surface area contributed by atoms with Crippen molar-refractivity contribution in [3.63, 3.8) is 0 Å². The minimum atomic E-state index is -2.72. The molecule has 4 amide bonds. The molecule has 15 heteroatoms. The number of likely N-dealkylation sites (tertiary alicyclic amines) is 1. The highest BCUT2D eigenvalue weighted by Gasteiger charge is 2.77. The van der Waals surface area contributed by atoms with Crippen LogP contribution in [0.2, 0.25) is 0 Å². The highest BCUT2D eigenvalue weighted by molar-refractivity contribution is 6.58. The van der Waals surface area contributed by atoms with Gasteiger partial charge in [0.15, 0.2) is 33.0 Å². The van der Waals surface area contributed by atoms with Crippen molar-refractivity contribution in [3.8, 4) is 11.5 Å². The van der Waals surface area contributed by atoms with E-state index in [0.29, 0.717) is 12.8 Å². The summed E-state index contributed by atoms with van der Waals surface area (Å²) in [5, 5.41) is 11.2. The lowest BCUT2D eigenvalue weighted by Crippen LogP contribution is -2.60. The molecule has 2 saturated heterocycles. The van der Waals surface area contributed by atoms with Crippen LogP contribution in [-0.4, -0.2) is 56.5 Å². The van der Waals surface area contributed by atoms with Crippen molar-refractivity contribution in [3.05, 3.63) is 64.5 Å². The van der Waals surface area contributed by atoms with Gasteiger partial charge in [-0.1, -0.05) is 37.0 Å². The number of phenols is 1. The summed E-state index contributed by atoms with van der Waals surface area (Å²) in [6.45, 7) is 0. The van der Waals surface area contributed by atoms with Crippen molar-refractivity contribution in [2.75, 3.05) is 12.0 Å². The van der Waals surface area contributed by atoms with Crippen LogP contribution in [0.1, 0.15) is 56.4 Å². The average Bonchev–Trinajstić information content (AvgIpc) is 3.41. The molecule has 4 fully saturated rings. The summed E-state index contributed by atoms with van der Waals surface area (Å²) < 4.78 is 78.3. The quantitative estimate of drug-likeness (QED) is 0.104. The van der Waals surface area contributed by atoms with Crippen molar-refractivity contribution in [1.82, 2.24) is 4.90 Å². The van der Waals surface area contributed by atoms with Gasteiger partial charge in [0, 0.05) is 23.6 Å². The van der Waals surface area contributed by atoms with Crippen LogP contribution in [0.15, 0.2) is 29.8 Å². The number of fused-ring (bicyclic) bond motifs is 4. The van der Waals surface area contributed by atoms with E-state index in [0.717, 1.165) is 19.3 Å². The fourth-order valence-electron chi connectivity index (χ4n) is 8.53. The molecular formula is C33H27Cl2F5N2O6. The molecule has 254 valence electrons. The molecule has 2 aromatic carbocycles. The Bertz CT molecular complexity index is 1820. The van der Waals surface area contributed by atoms with Gasteiger partial charge < -0.3 is 9.84 Å². The van der Waals surface area contributed by atoms with Crippen LogP contribution in [-0.2, 0) is 19.2 Å². The Morgan fingerprint density at radius 3 is 2.08 bits per heavy atom. The minimum Gasteiger partial charge on any atom is -0.508 e. The van der Waals surface area contributed by atoms with E-state index in [1.54, 1.807) is 6.08 Å². The van der Waals surface area contributed by atoms with Gasteiger partial charge in [-0.05, 0) is 37.7 Å². The number of methoxy groups -OCH3 is 1. The van der Waals surface area contributed by atoms with E-state index >= 15 is 8.78 Å². The number of aromatic hydroxyl groups is 1. The molecule has 0 bridgehead atoms. The molecule has 3 aliphatic carbocycles. The Hall–Kier alpha value is -3.71. The number of carbonyl (C=O) groups is 4. The number of hydrogen-bond acceptors (Lipinski definition) is 6. The molecular weight excluding hydrogens is 686 g/mol. The lowest BCUT2D eigenvalue weighted by Gasteiger charge is -2.50. The molecule has 1 N–H and O–H groups in total. The maximum Gasteiger partial charge on any atom is 0.258 e. The number of nitrogens with zero attached hydrogens (tertiary/aromatic N) is 2. The standard InChI is InChI=1S/C33H27Cl2F5N2O6/c1-48-14-7-8-16(19(43)11-14)21-15-9-10-17-20(29(45)41(28(17)44)13-5-3-2-4-6-13)18(15)12-32(34)30(46)42(31(47)33(21,32)35)27-25(39)23(37)22(36)24(38)26(27)40/h7-9,11,13,17-18,20-21,43H,2-6,10,12H2,1H3/t17-,18+,20-,21+,32+,33-/m0/s1. The van der Waals surface area contributed by atoms with Crippen LogP contribution in [0, 0.1) is 46.8 Å². The second kappa shape index (κ2) is 11.2. The smallest absolute Gasteiger partial charge is 0.258 e. The number of hydrogen-bond donors (Lipinski definition) is 1. The molecule has 2 heterocycles. The lowest BCUT2D eigenvalue weighted by molar-refractivity contribution is -0.143. The fourth-order valence-corrected chi connectivity index (χ4v) is 9.46. The fraction of sp³-hybridized carbons (Fsp3) is 0.455. The van der Waals surface area contributed by atoms with E-state index in [2.05, 4.69) is 0 Å². The van der Waals surface area contributed by atoms with Gasteiger partial charge in [0.05, 0.1) is 18.9 Å². The molecule has 48 heavy (non-hydrogen) atoms. The van der Waals surface area contributed by atoms with Gasteiger partial charge in [0.1, 0.15) is 17.2 Å². The third kappa shape index (κ3) is 4.12. The summed E-state index contributed by atoms with van der Waals surface area (Å²) >= 11 is 14.2. The second-order valence-corrected chi connectivity index (χ2v) is 14.2. The Morgan fingerprint density at radius 2 is 1.48 bits per heavy atom. The van der Waals surface area contributed by atoms with Gasteiger partial charge in [-0.2, -0.15) is 0 Å².